The Kier molecular flexibility index (Phi) is 6.25. The fourth-order valence-corrected chi connectivity index (χ4v) is 4.59. The number of ether oxygens (including phenoxy) is 3. The van der Waals surface area contributed by atoms with Gasteiger partial charge < -0.3 is 19.5 Å². The maximum Gasteiger partial charge on any atom is 0.341 e. The molecule has 1 aromatic heterocycles. The number of nitrogens with one attached hydrogen (secondary N) is 1. The number of rotatable bonds is 5. The average molecular weight is 456 g/mol. The zero-order valence-electron chi connectivity index (χ0n) is 17.9. The lowest BCUT2D eigenvalue weighted by molar-refractivity contribution is -0.114. The van der Waals surface area contributed by atoms with E-state index in [1.807, 2.05) is 37.3 Å². The van der Waals surface area contributed by atoms with Crippen LogP contribution in [0.3, 0.4) is 0 Å². The van der Waals surface area contributed by atoms with Crippen molar-refractivity contribution in [3.63, 3.8) is 0 Å². The molecule has 4 rings (SSSR count). The second-order valence-electron chi connectivity index (χ2n) is 7.47. The molecular weight excluding hydrogens is 433 g/mol. The van der Waals surface area contributed by atoms with Crippen molar-refractivity contribution in [1.82, 2.24) is 0 Å². The maximum atomic E-state index is 14.2. The minimum Gasteiger partial charge on any atom is -0.460 e. The lowest BCUT2D eigenvalue weighted by Gasteiger charge is -2.28. The van der Waals surface area contributed by atoms with E-state index in [9.17, 15) is 14.0 Å². The molecule has 1 aliphatic heterocycles. The smallest absolute Gasteiger partial charge is 0.341 e. The minimum atomic E-state index is -0.642. The minimum absolute atomic E-state index is 0.170. The molecule has 2 heterocycles. The highest BCUT2D eigenvalue weighted by atomic mass is 32.1. The van der Waals surface area contributed by atoms with Crippen molar-refractivity contribution in [2.45, 2.75) is 40.3 Å². The number of carbonyl (C=O) groups excluding carboxylic acids is 2. The fourth-order valence-electron chi connectivity index (χ4n) is 3.49. The standard InChI is InChI=1S/C24H22FNO5S/c1-13-14(2)32-22(26-15(3)27)20(13)23(28)29-11-17-9-19(25)10-18-12-30-24(31-21(17)18)16-7-5-4-6-8-16/h4-10,24H,11-12H2,1-3H3,(H,26,27)/t24-/m0/s1. The molecule has 166 valence electrons. The van der Waals surface area contributed by atoms with Crippen molar-refractivity contribution in [1.29, 1.82) is 0 Å². The van der Waals surface area contributed by atoms with E-state index in [-0.39, 0.29) is 19.1 Å². The van der Waals surface area contributed by atoms with Gasteiger partial charge in [-0.2, -0.15) is 0 Å². The summed E-state index contributed by atoms with van der Waals surface area (Å²) < 4.78 is 31.5. The highest BCUT2D eigenvalue weighted by Crippen LogP contribution is 2.38. The topological polar surface area (TPSA) is 73.9 Å². The third kappa shape index (κ3) is 4.51. The Morgan fingerprint density at radius 2 is 1.97 bits per heavy atom. The number of amides is 1. The molecule has 32 heavy (non-hydrogen) atoms. The van der Waals surface area contributed by atoms with Crippen LogP contribution < -0.4 is 10.1 Å². The number of thiophene rings is 1. The van der Waals surface area contributed by atoms with Crippen LogP contribution >= 0.6 is 11.3 Å². The van der Waals surface area contributed by atoms with Gasteiger partial charge in [0.1, 0.15) is 23.2 Å². The van der Waals surface area contributed by atoms with Crippen molar-refractivity contribution >= 4 is 28.2 Å². The summed E-state index contributed by atoms with van der Waals surface area (Å²) in [6, 6.07) is 12.0. The number of aryl methyl sites for hydroxylation is 1. The van der Waals surface area contributed by atoms with Crippen molar-refractivity contribution in [2.75, 3.05) is 5.32 Å². The number of hydrogen-bond donors (Lipinski definition) is 1. The van der Waals surface area contributed by atoms with Crippen molar-refractivity contribution < 1.29 is 28.2 Å². The van der Waals surface area contributed by atoms with Gasteiger partial charge in [-0.05, 0) is 31.5 Å². The van der Waals surface area contributed by atoms with E-state index >= 15 is 0 Å². The lowest BCUT2D eigenvalue weighted by Crippen LogP contribution is -2.20. The van der Waals surface area contributed by atoms with Gasteiger partial charge in [0.25, 0.3) is 0 Å². The SMILES string of the molecule is CC(=O)Nc1sc(C)c(C)c1C(=O)OCc1cc(F)cc2c1O[C@@H](c1ccccc1)OC2. The van der Waals surface area contributed by atoms with Gasteiger partial charge in [-0.3, -0.25) is 4.79 Å². The summed E-state index contributed by atoms with van der Waals surface area (Å²) in [5.41, 5.74) is 2.82. The van der Waals surface area contributed by atoms with Crippen LogP contribution in [0.4, 0.5) is 9.39 Å². The van der Waals surface area contributed by atoms with Gasteiger partial charge in [-0.15, -0.1) is 11.3 Å². The highest BCUT2D eigenvalue weighted by molar-refractivity contribution is 7.16. The van der Waals surface area contributed by atoms with Crippen LogP contribution in [-0.2, 0) is 27.5 Å². The Labute approximate surface area is 188 Å². The number of fused-ring (bicyclic) bond motifs is 1. The van der Waals surface area contributed by atoms with E-state index in [0.29, 0.717) is 27.4 Å². The molecule has 2 aromatic carbocycles. The zero-order chi connectivity index (χ0) is 22.8. The summed E-state index contributed by atoms with van der Waals surface area (Å²) in [5, 5.41) is 3.11. The van der Waals surface area contributed by atoms with Crippen molar-refractivity contribution in [2.24, 2.45) is 0 Å². The first kappa shape index (κ1) is 22.0. The maximum absolute atomic E-state index is 14.2. The first-order chi connectivity index (χ1) is 15.3. The predicted octanol–water partition coefficient (Wildman–Crippen LogP) is 5.43. The Morgan fingerprint density at radius 1 is 1.22 bits per heavy atom. The summed E-state index contributed by atoms with van der Waals surface area (Å²) in [6.07, 6.45) is -0.642. The first-order valence-corrected chi connectivity index (χ1v) is 10.8. The van der Waals surface area contributed by atoms with E-state index in [2.05, 4.69) is 5.32 Å². The second kappa shape index (κ2) is 9.10. The summed E-state index contributed by atoms with van der Waals surface area (Å²) in [6.45, 7) is 5.02. The normalized spacial score (nSPS) is 14.9. The van der Waals surface area contributed by atoms with Crippen molar-refractivity contribution in [3.8, 4) is 5.75 Å². The summed E-state index contributed by atoms with van der Waals surface area (Å²) in [5.74, 6) is -0.901. The van der Waals surface area contributed by atoms with E-state index in [1.54, 1.807) is 6.92 Å². The fraction of sp³-hybridized carbons (Fsp3) is 0.250. The lowest BCUT2D eigenvalue weighted by atomic mass is 10.1. The third-order valence-corrected chi connectivity index (χ3v) is 6.25. The Hall–Kier alpha value is -3.23. The Morgan fingerprint density at radius 3 is 2.69 bits per heavy atom. The van der Waals surface area contributed by atoms with Crippen LogP contribution in [-0.4, -0.2) is 11.9 Å². The molecule has 0 saturated heterocycles. The van der Waals surface area contributed by atoms with Gasteiger partial charge >= 0.3 is 5.97 Å². The molecule has 1 amide bonds. The van der Waals surface area contributed by atoms with Crippen LogP contribution in [0.25, 0.3) is 0 Å². The number of esters is 1. The number of benzene rings is 2. The molecule has 1 atom stereocenters. The molecule has 0 aliphatic carbocycles. The quantitative estimate of drug-likeness (QED) is 0.520. The molecule has 1 aliphatic rings. The van der Waals surface area contributed by atoms with Crippen LogP contribution in [0.5, 0.6) is 5.75 Å². The summed E-state index contributed by atoms with van der Waals surface area (Å²) in [7, 11) is 0. The van der Waals surface area contributed by atoms with E-state index in [1.165, 1.54) is 30.4 Å². The summed E-state index contributed by atoms with van der Waals surface area (Å²) >= 11 is 1.31. The number of hydrogen-bond acceptors (Lipinski definition) is 6. The van der Waals surface area contributed by atoms with Crippen LogP contribution in [0, 0.1) is 19.7 Å². The second-order valence-corrected chi connectivity index (χ2v) is 8.69. The molecule has 6 nitrogen and oxygen atoms in total. The molecule has 0 unspecified atom stereocenters. The zero-order valence-corrected chi connectivity index (χ0v) is 18.7. The highest BCUT2D eigenvalue weighted by Gasteiger charge is 2.27. The molecule has 0 spiro atoms. The van der Waals surface area contributed by atoms with Gasteiger partial charge in [0.05, 0.1) is 12.2 Å². The van der Waals surface area contributed by atoms with E-state index in [4.69, 9.17) is 14.2 Å². The molecule has 8 heteroatoms. The summed E-state index contributed by atoms with van der Waals surface area (Å²) in [4.78, 5) is 25.3. The first-order valence-electron chi connectivity index (χ1n) is 10.0. The van der Waals surface area contributed by atoms with E-state index < -0.39 is 18.1 Å². The monoisotopic (exact) mass is 455 g/mol. The van der Waals surface area contributed by atoms with Crippen LogP contribution in [0.15, 0.2) is 42.5 Å². The number of anilines is 1. The van der Waals surface area contributed by atoms with Crippen LogP contribution in [0.1, 0.15) is 50.7 Å². The largest absolute Gasteiger partial charge is 0.460 e. The third-order valence-electron chi connectivity index (χ3n) is 5.13. The molecule has 0 radical (unpaired) electrons. The van der Waals surface area contributed by atoms with E-state index in [0.717, 1.165) is 16.0 Å². The van der Waals surface area contributed by atoms with Crippen molar-refractivity contribution in [3.05, 3.63) is 81.0 Å². The van der Waals surface area contributed by atoms with Gasteiger partial charge in [0.15, 0.2) is 0 Å². The molecule has 0 saturated carbocycles. The Bertz CT molecular complexity index is 1170. The molecule has 0 fully saturated rings. The molecule has 1 N–H and O–H groups in total. The predicted molar refractivity (Wildman–Crippen MR) is 118 cm³/mol. The molecular formula is C24H22FNO5S. The van der Waals surface area contributed by atoms with Gasteiger partial charge in [-0.25, -0.2) is 9.18 Å². The molecule has 0 bridgehead atoms. The number of carbonyl (C=O) groups is 2. The Balaban J connectivity index is 1.57. The van der Waals surface area contributed by atoms with Gasteiger partial charge in [0, 0.05) is 28.5 Å². The number of halogens is 1. The van der Waals surface area contributed by atoms with Gasteiger partial charge in [-0.1, -0.05) is 30.3 Å². The molecule has 3 aromatic rings. The van der Waals surface area contributed by atoms with Crippen LogP contribution in [0.2, 0.25) is 0 Å². The van der Waals surface area contributed by atoms with Gasteiger partial charge in [0.2, 0.25) is 12.2 Å². The average Bonchev–Trinajstić information content (AvgIpc) is 3.04.